The Morgan fingerprint density at radius 1 is 1.17 bits per heavy atom. The van der Waals surface area contributed by atoms with Crippen LogP contribution >= 0.6 is 45.5 Å². The lowest BCUT2D eigenvalue weighted by Crippen LogP contribution is -1.97. The van der Waals surface area contributed by atoms with Crippen molar-refractivity contribution in [3.63, 3.8) is 0 Å². The number of hydrogen-bond donors (Lipinski definition) is 0. The third-order valence-corrected chi connectivity index (χ3v) is 5.17. The Hall–Kier alpha value is -0.260. The van der Waals surface area contributed by atoms with Crippen molar-refractivity contribution in [2.45, 2.75) is 19.2 Å². The number of rotatable bonds is 3. The van der Waals surface area contributed by atoms with Gasteiger partial charge in [-0.2, -0.15) is 0 Å². The van der Waals surface area contributed by atoms with Crippen LogP contribution in [0.3, 0.4) is 0 Å². The fourth-order valence-corrected chi connectivity index (χ4v) is 3.83. The number of alkyl halides is 1. The van der Waals surface area contributed by atoms with Crippen LogP contribution in [0.5, 0.6) is 5.75 Å². The van der Waals surface area contributed by atoms with E-state index >= 15 is 0 Å². The lowest BCUT2D eigenvalue weighted by molar-refractivity contribution is 0.408. The van der Waals surface area contributed by atoms with E-state index in [0.29, 0.717) is 0 Å². The summed E-state index contributed by atoms with van der Waals surface area (Å²) in [5.74, 6) is 0.947. The molecule has 1 heterocycles. The molecule has 0 aliphatic heterocycles. The predicted octanol–water partition coefficient (Wildman–Crippen LogP) is 5.31. The molecule has 1 unspecified atom stereocenters. The monoisotopic (exact) mass is 392 g/mol. The molecule has 0 fully saturated rings. The van der Waals surface area contributed by atoms with E-state index in [1.54, 1.807) is 18.4 Å². The Morgan fingerprint density at radius 2 is 1.78 bits per heavy atom. The highest BCUT2D eigenvalue weighted by molar-refractivity contribution is 14.1. The van der Waals surface area contributed by atoms with Gasteiger partial charge in [-0.05, 0) is 70.1 Å². The summed E-state index contributed by atoms with van der Waals surface area (Å²) >= 11 is 10.6. The lowest BCUT2D eigenvalue weighted by Gasteiger charge is -2.14. The molecule has 1 aromatic heterocycles. The number of hydrogen-bond acceptors (Lipinski definition) is 2. The quantitative estimate of drug-likeness (QED) is 0.508. The second-order valence-electron chi connectivity index (χ2n) is 4.23. The van der Waals surface area contributed by atoms with E-state index in [1.807, 2.05) is 0 Å². The molecule has 0 bridgehead atoms. The zero-order chi connectivity index (χ0) is 13.3. The van der Waals surface area contributed by atoms with Crippen molar-refractivity contribution < 1.29 is 4.74 Å². The van der Waals surface area contributed by atoms with E-state index in [1.165, 1.54) is 2.88 Å². The summed E-state index contributed by atoms with van der Waals surface area (Å²) in [7, 11) is 1.70. The molecule has 1 atom stereocenters. The van der Waals surface area contributed by atoms with Crippen LogP contribution in [-0.4, -0.2) is 7.11 Å². The summed E-state index contributed by atoms with van der Waals surface area (Å²) in [4.78, 5) is 0. The van der Waals surface area contributed by atoms with Crippen LogP contribution in [0.15, 0.2) is 23.6 Å². The topological polar surface area (TPSA) is 9.23 Å². The molecule has 4 heteroatoms. The summed E-state index contributed by atoms with van der Waals surface area (Å²) in [6.07, 6.45) is 0. The zero-order valence-corrected chi connectivity index (χ0v) is 14.2. The molecule has 0 saturated carbocycles. The fourth-order valence-electron chi connectivity index (χ4n) is 2.10. The van der Waals surface area contributed by atoms with Gasteiger partial charge in [-0.1, -0.05) is 12.1 Å². The molecule has 0 radical (unpaired) electrons. The van der Waals surface area contributed by atoms with Gasteiger partial charge >= 0.3 is 0 Å². The predicted molar refractivity (Wildman–Crippen MR) is 87.2 cm³/mol. The highest BCUT2D eigenvalue weighted by Crippen LogP contribution is 2.35. The summed E-state index contributed by atoms with van der Waals surface area (Å²) in [6, 6.07) is 6.35. The largest absolute Gasteiger partial charge is 0.496 e. The first-order chi connectivity index (χ1) is 8.52. The molecular weight excluding hydrogens is 379 g/mol. The minimum Gasteiger partial charge on any atom is -0.496 e. The van der Waals surface area contributed by atoms with E-state index in [9.17, 15) is 0 Å². The van der Waals surface area contributed by atoms with Crippen LogP contribution < -0.4 is 4.74 Å². The number of halogens is 2. The highest BCUT2D eigenvalue weighted by atomic mass is 127. The van der Waals surface area contributed by atoms with Crippen LogP contribution in [0.4, 0.5) is 0 Å². The van der Waals surface area contributed by atoms with E-state index in [0.717, 1.165) is 28.0 Å². The Kier molecular flexibility index (Phi) is 4.56. The van der Waals surface area contributed by atoms with E-state index in [2.05, 4.69) is 60.0 Å². The Balaban J connectivity index is 2.40. The lowest BCUT2D eigenvalue weighted by atomic mass is 10.0. The summed E-state index contributed by atoms with van der Waals surface area (Å²) in [5, 5.41) is 2.03. The highest BCUT2D eigenvalue weighted by Gasteiger charge is 2.15. The van der Waals surface area contributed by atoms with Gasteiger partial charge in [-0.25, -0.2) is 0 Å². The first kappa shape index (κ1) is 14.2. The molecule has 96 valence electrons. The van der Waals surface area contributed by atoms with Gasteiger partial charge in [0.05, 0.1) is 15.4 Å². The third-order valence-electron chi connectivity index (χ3n) is 2.86. The second-order valence-corrected chi connectivity index (χ2v) is 7.48. The Morgan fingerprint density at radius 3 is 2.22 bits per heavy atom. The van der Waals surface area contributed by atoms with Crippen LogP contribution in [0.25, 0.3) is 0 Å². The molecule has 18 heavy (non-hydrogen) atoms. The van der Waals surface area contributed by atoms with Crippen LogP contribution in [0.1, 0.15) is 27.6 Å². The zero-order valence-electron chi connectivity index (χ0n) is 10.5. The maximum absolute atomic E-state index is 6.55. The van der Waals surface area contributed by atoms with Crippen molar-refractivity contribution in [1.29, 1.82) is 0 Å². The van der Waals surface area contributed by atoms with Crippen molar-refractivity contribution in [3.05, 3.63) is 48.7 Å². The van der Waals surface area contributed by atoms with Gasteiger partial charge in [0, 0.05) is 0 Å². The molecule has 2 rings (SSSR count). The number of aryl methyl sites for hydroxylation is 2. The molecule has 1 aromatic carbocycles. The van der Waals surface area contributed by atoms with Gasteiger partial charge in [0.15, 0.2) is 0 Å². The molecule has 0 amide bonds. The SMILES string of the molecule is COc1c(C)cc(C(Cl)c2csc(I)c2)cc1C. The number of thiophene rings is 1. The van der Waals surface area contributed by atoms with Gasteiger partial charge in [-0.15, -0.1) is 22.9 Å². The maximum atomic E-state index is 6.55. The minimum absolute atomic E-state index is 0.0897. The first-order valence-corrected chi connectivity index (χ1v) is 7.95. The van der Waals surface area contributed by atoms with Gasteiger partial charge in [0.25, 0.3) is 0 Å². The molecule has 0 aliphatic carbocycles. The van der Waals surface area contributed by atoms with Gasteiger partial charge in [-0.3, -0.25) is 0 Å². The summed E-state index contributed by atoms with van der Waals surface area (Å²) in [5.41, 5.74) is 4.54. The average Bonchev–Trinajstić information content (AvgIpc) is 2.74. The van der Waals surface area contributed by atoms with Crippen LogP contribution in [-0.2, 0) is 0 Å². The van der Waals surface area contributed by atoms with E-state index in [4.69, 9.17) is 16.3 Å². The van der Waals surface area contributed by atoms with Gasteiger partial charge < -0.3 is 4.74 Å². The van der Waals surface area contributed by atoms with Gasteiger partial charge in [0.1, 0.15) is 5.75 Å². The van der Waals surface area contributed by atoms with Crippen molar-refractivity contribution in [1.82, 2.24) is 0 Å². The average molecular weight is 393 g/mol. The molecule has 0 N–H and O–H groups in total. The first-order valence-electron chi connectivity index (χ1n) is 5.56. The van der Waals surface area contributed by atoms with E-state index in [-0.39, 0.29) is 5.38 Å². The maximum Gasteiger partial charge on any atom is 0.124 e. The van der Waals surface area contributed by atoms with E-state index < -0.39 is 0 Å². The van der Waals surface area contributed by atoms with Crippen molar-refractivity contribution in [2.75, 3.05) is 7.11 Å². The molecular formula is C14H14ClIOS. The molecule has 0 aliphatic rings. The minimum atomic E-state index is -0.0897. The number of ether oxygens (including phenoxy) is 1. The number of benzene rings is 1. The third kappa shape index (κ3) is 2.83. The fraction of sp³-hybridized carbons (Fsp3) is 0.286. The molecule has 0 saturated heterocycles. The van der Waals surface area contributed by atoms with Crippen LogP contribution in [0, 0.1) is 16.7 Å². The standard InChI is InChI=1S/C14H14ClIOS/c1-8-4-10(5-9(2)14(8)17-3)13(15)11-6-12(16)18-7-11/h4-7,13H,1-3H3. The normalized spacial score (nSPS) is 12.5. The van der Waals surface area contributed by atoms with Crippen molar-refractivity contribution in [3.8, 4) is 5.75 Å². The summed E-state index contributed by atoms with van der Waals surface area (Å²) in [6.45, 7) is 4.10. The molecule has 1 nitrogen and oxygen atoms in total. The van der Waals surface area contributed by atoms with Gasteiger partial charge in [0.2, 0.25) is 0 Å². The Labute approximate surface area is 130 Å². The molecule has 0 spiro atoms. The molecule has 2 aromatic rings. The Bertz CT molecular complexity index is 542. The summed E-state index contributed by atoms with van der Waals surface area (Å²) < 4.78 is 6.64. The van der Waals surface area contributed by atoms with Crippen LogP contribution in [0.2, 0.25) is 0 Å². The second kappa shape index (κ2) is 5.80. The smallest absolute Gasteiger partial charge is 0.124 e. The number of methoxy groups -OCH3 is 1. The van der Waals surface area contributed by atoms with Crippen molar-refractivity contribution in [2.24, 2.45) is 0 Å². The van der Waals surface area contributed by atoms with Crippen molar-refractivity contribution >= 4 is 45.5 Å².